The van der Waals surface area contributed by atoms with Crippen LogP contribution in [-0.4, -0.2) is 18.4 Å². The van der Waals surface area contributed by atoms with Crippen LogP contribution in [0.15, 0.2) is 0 Å². The fourth-order valence-electron chi connectivity index (χ4n) is 2.20. The molecule has 2 atom stereocenters. The Bertz CT molecular complexity index is 238. The Hall–Kier alpha value is -0.860. The van der Waals surface area contributed by atoms with E-state index in [1.165, 1.54) is 26.2 Å². The molecule has 0 aromatic carbocycles. The molecular formula is C16H30O3. The molecule has 0 saturated carbocycles. The number of hydrogen-bond acceptors (Lipinski definition) is 3. The summed E-state index contributed by atoms with van der Waals surface area (Å²) in [7, 11) is 0. The lowest BCUT2D eigenvalue weighted by Crippen LogP contribution is -2.16. The highest BCUT2D eigenvalue weighted by Gasteiger charge is 2.11. The van der Waals surface area contributed by atoms with E-state index in [9.17, 15) is 9.59 Å². The molecule has 0 spiro atoms. The SMILES string of the molecule is CCCCCC[C@@H](CCCCC(C)C=O)OC(C)=O. The third-order valence-electron chi connectivity index (χ3n) is 3.38. The van der Waals surface area contributed by atoms with Crippen molar-refractivity contribution < 1.29 is 14.3 Å². The van der Waals surface area contributed by atoms with Gasteiger partial charge in [0.05, 0.1) is 0 Å². The Morgan fingerprint density at radius 2 is 1.63 bits per heavy atom. The van der Waals surface area contributed by atoms with E-state index in [0.29, 0.717) is 0 Å². The van der Waals surface area contributed by atoms with Crippen LogP contribution in [0.25, 0.3) is 0 Å². The van der Waals surface area contributed by atoms with Crippen LogP contribution in [0.1, 0.15) is 78.6 Å². The Kier molecular flexibility index (Phi) is 11.6. The number of aldehydes is 1. The lowest BCUT2D eigenvalue weighted by atomic mass is 10.0. The van der Waals surface area contributed by atoms with Crippen LogP contribution < -0.4 is 0 Å². The van der Waals surface area contributed by atoms with E-state index in [1.807, 2.05) is 6.92 Å². The number of hydrogen-bond donors (Lipinski definition) is 0. The molecule has 0 radical (unpaired) electrons. The topological polar surface area (TPSA) is 43.4 Å². The lowest BCUT2D eigenvalue weighted by Gasteiger charge is -2.17. The molecular weight excluding hydrogens is 240 g/mol. The van der Waals surface area contributed by atoms with Gasteiger partial charge < -0.3 is 9.53 Å². The lowest BCUT2D eigenvalue weighted by molar-refractivity contribution is -0.147. The van der Waals surface area contributed by atoms with Crippen molar-refractivity contribution in [1.29, 1.82) is 0 Å². The second-order valence-corrected chi connectivity index (χ2v) is 5.48. The van der Waals surface area contributed by atoms with Crippen LogP contribution in [0.4, 0.5) is 0 Å². The molecule has 0 rings (SSSR count). The predicted octanol–water partition coefficient (Wildman–Crippen LogP) is 4.28. The zero-order chi connectivity index (χ0) is 14.5. The first kappa shape index (κ1) is 18.1. The van der Waals surface area contributed by atoms with E-state index < -0.39 is 0 Å². The maximum absolute atomic E-state index is 11.1. The standard InChI is InChI=1S/C16H30O3/c1-4-5-6-7-11-16(19-15(3)18)12-9-8-10-14(2)13-17/h13-14,16H,4-12H2,1-3H3/t14?,16-/m0/s1. The maximum atomic E-state index is 11.1. The van der Waals surface area contributed by atoms with Gasteiger partial charge in [-0.25, -0.2) is 0 Å². The first-order valence-electron chi connectivity index (χ1n) is 7.72. The maximum Gasteiger partial charge on any atom is 0.302 e. The first-order chi connectivity index (χ1) is 9.10. The second-order valence-electron chi connectivity index (χ2n) is 5.48. The third-order valence-corrected chi connectivity index (χ3v) is 3.38. The molecule has 3 nitrogen and oxygen atoms in total. The summed E-state index contributed by atoms with van der Waals surface area (Å²) in [5.74, 6) is -0.0292. The summed E-state index contributed by atoms with van der Waals surface area (Å²) >= 11 is 0. The van der Waals surface area contributed by atoms with Crippen LogP contribution in [-0.2, 0) is 14.3 Å². The fraction of sp³-hybridized carbons (Fsp3) is 0.875. The van der Waals surface area contributed by atoms with Crippen LogP contribution in [0.5, 0.6) is 0 Å². The minimum Gasteiger partial charge on any atom is -0.463 e. The van der Waals surface area contributed by atoms with Crippen molar-refractivity contribution in [3.8, 4) is 0 Å². The Morgan fingerprint density at radius 3 is 2.16 bits per heavy atom. The van der Waals surface area contributed by atoms with Crippen LogP contribution in [0.3, 0.4) is 0 Å². The molecule has 0 aliphatic carbocycles. The molecule has 0 aliphatic heterocycles. The predicted molar refractivity (Wildman–Crippen MR) is 78.0 cm³/mol. The number of rotatable bonds is 12. The van der Waals surface area contributed by atoms with Gasteiger partial charge in [0.2, 0.25) is 0 Å². The zero-order valence-corrected chi connectivity index (χ0v) is 12.8. The van der Waals surface area contributed by atoms with E-state index in [-0.39, 0.29) is 18.0 Å². The van der Waals surface area contributed by atoms with Gasteiger partial charge in [-0.15, -0.1) is 0 Å². The molecule has 1 unspecified atom stereocenters. The van der Waals surface area contributed by atoms with E-state index in [0.717, 1.165) is 44.8 Å². The number of carbonyl (C=O) groups excluding carboxylic acids is 2. The largest absolute Gasteiger partial charge is 0.463 e. The normalized spacial score (nSPS) is 13.8. The number of ether oxygens (including phenoxy) is 1. The van der Waals surface area contributed by atoms with Crippen molar-refractivity contribution in [2.45, 2.75) is 84.7 Å². The van der Waals surface area contributed by atoms with Gasteiger partial charge in [0, 0.05) is 12.8 Å². The average Bonchev–Trinajstić information content (AvgIpc) is 2.38. The molecule has 0 heterocycles. The van der Waals surface area contributed by atoms with Gasteiger partial charge in [0.25, 0.3) is 0 Å². The van der Waals surface area contributed by atoms with Crippen LogP contribution in [0.2, 0.25) is 0 Å². The summed E-state index contributed by atoms with van der Waals surface area (Å²) in [5.41, 5.74) is 0. The average molecular weight is 270 g/mol. The van der Waals surface area contributed by atoms with E-state index in [1.54, 1.807) is 0 Å². The fourth-order valence-corrected chi connectivity index (χ4v) is 2.20. The number of unbranched alkanes of at least 4 members (excludes halogenated alkanes) is 4. The first-order valence-corrected chi connectivity index (χ1v) is 7.72. The number of esters is 1. The van der Waals surface area contributed by atoms with Crippen molar-refractivity contribution >= 4 is 12.3 Å². The monoisotopic (exact) mass is 270 g/mol. The van der Waals surface area contributed by atoms with Gasteiger partial charge in [-0.05, 0) is 32.1 Å². The summed E-state index contributed by atoms with van der Waals surface area (Å²) < 4.78 is 5.36. The van der Waals surface area contributed by atoms with E-state index >= 15 is 0 Å². The van der Waals surface area contributed by atoms with Gasteiger partial charge in [-0.1, -0.05) is 39.5 Å². The molecule has 19 heavy (non-hydrogen) atoms. The quantitative estimate of drug-likeness (QED) is 0.302. The molecule has 0 aliphatic rings. The van der Waals surface area contributed by atoms with Crippen molar-refractivity contribution in [2.75, 3.05) is 0 Å². The van der Waals surface area contributed by atoms with Crippen molar-refractivity contribution in [1.82, 2.24) is 0 Å². The molecule has 3 heteroatoms. The van der Waals surface area contributed by atoms with E-state index in [4.69, 9.17) is 4.74 Å². The molecule has 112 valence electrons. The summed E-state index contributed by atoms with van der Waals surface area (Å²) in [5, 5.41) is 0. The van der Waals surface area contributed by atoms with Gasteiger partial charge >= 0.3 is 5.97 Å². The van der Waals surface area contributed by atoms with Crippen LogP contribution in [0, 0.1) is 5.92 Å². The minimum atomic E-state index is -0.179. The van der Waals surface area contributed by atoms with Crippen LogP contribution >= 0.6 is 0 Å². The Balaban J connectivity index is 3.79. The molecule has 0 N–H and O–H groups in total. The summed E-state index contributed by atoms with van der Waals surface area (Å²) in [6.45, 7) is 5.62. The Morgan fingerprint density at radius 1 is 1.05 bits per heavy atom. The van der Waals surface area contributed by atoms with E-state index in [2.05, 4.69) is 6.92 Å². The van der Waals surface area contributed by atoms with Crippen molar-refractivity contribution in [3.63, 3.8) is 0 Å². The molecule has 0 aromatic rings. The molecule has 0 fully saturated rings. The summed E-state index contributed by atoms with van der Waals surface area (Å²) in [6.07, 6.45) is 10.8. The number of carbonyl (C=O) groups is 2. The van der Waals surface area contributed by atoms with Gasteiger partial charge in [0.1, 0.15) is 12.4 Å². The van der Waals surface area contributed by atoms with Gasteiger partial charge in [-0.2, -0.15) is 0 Å². The summed E-state index contributed by atoms with van der Waals surface area (Å²) in [4.78, 5) is 21.6. The minimum absolute atomic E-state index is 0.0703. The van der Waals surface area contributed by atoms with Crippen molar-refractivity contribution in [3.05, 3.63) is 0 Å². The van der Waals surface area contributed by atoms with Crippen molar-refractivity contribution in [2.24, 2.45) is 5.92 Å². The molecule has 0 amide bonds. The highest BCUT2D eigenvalue weighted by Crippen LogP contribution is 2.16. The highest BCUT2D eigenvalue weighted by atomic mass is 16.5. The second kappa shape index (κ2) is 12.2. The molecule has 0 saturated heterocycles. The third kappa shape index (κ3) is 11.9. The highest BCUT2D eigenvalue weighted by molar-refractivity contribution is 5.66. The molecule has 0 bridgehead atoms. The Labute approximate surface area is 118 Å². The molecule has 0 aromatic heterocycles. The van der Waals surface area contributed by atoms with Gasteiger partial charge in [0.15, 0.2) is 0 Å². The smallest absolute Gasteiger partial charge is 0.302 e. The van der Waals surface area contributed by atoms with Gasteiger partial charge in [-0.3, -0.25) is 4.79 Å². The zero-order valence-electron chi connectivity index (χ0n) is 12.8. The summed E-state index contributed by atoms with van der Waals surface area (Å²) in [6, 6.07) is 0.